The zero-order valence-electron chi connectivity index (χ0n) is 20.4. The molecular formula is C27H46O2Si. The Bertz CT molecular complexity index is 689. The molecule has 3 heteroatoms. The molecule has 7 atom stereocenters. The minimum Gasteiger partial charge on any atom is -0.413 e. The van der Waals surface area contributed by atoms with Crippen LogP contribution in [0, 0.1) is 34.5 Å². The molecule has 30 heavy (non-hydrogen) atoms. The van der Waals surface area contributed by atoms with E-state index in [1.807, 2.05) is 0 Å². The third-order valence-electron chi connectivity index (χ3n) is 11.5. The van der Waals surface area contributed by atoms with E-state index in [0.717, 1.165) is 24.2 Å². The van der Waals surface area contributed by atoms with E-state index in [2.05, 4.69) is 34.6 Å². The van der Waals surface area contributed by atoms with Gasteiger partial charge in [-0.3, -0.25) is 4.79 Å². The predicted molar refractivity (Wildman–Crippen MR) is 126 cm³/mol. The molecule has 0 N–H and O–H groups in total. The second-order valence-corrected chi connectivity index (χ2v) is 18.3. The van der Waals surface area contributed by atoms with Crippen LogP contribution in [0.25, 0.3) is 0 Å². The van der Waals surface area contributed by atoms with Crippen LogP contribution in [0.15, 0.2) is 0 Å². The third-order valence-corrected chi connectivity index (χ3v) is 17.3. The predicted octanol–water partition coefficient (Wildman–Crippen LogP) is 7.52. The molecule has 0 aromatic rings. The van der Waals surface area contributed by atoms with Crippen LogP contribution in [0.1, 0.15) is 105 Å². The maximum atomic E-state index is 12.7. The van der Waals surface area contributed by atoms with Crippen LogP contribution in [-0.4, -0.2) is 20.2 Å². The maximum Gasteiger partial charge on any atom is 0.198 e. The van der Waals surface area contributed by atoms with Gasteiger partial charge in [0.2, 0.25) is 0 Å². The Morgan fingerprint density at radius 3 is 2.37 bits per heavy atom. The molecule has 5 aliphatic rings. The fourth-order valence-corrected chi connectivity index (χ4v) is 14.2. The van der Waals surface area contributed by atoms with Crippen molar-refractivity contribution in [3.05, 3.63) is 0 Å². The number of fused-ring (bicyclic) bond motifs is 5. The number of rotatable bonds is 2. The van der Waals surface area contributed by atoms with Crippen molar-refractivity contribution >= 4 is 14.1 Å². The Balaban J connectivity index is 1.31. The van der Waals surface area contributed by atoms with Gasteiger partial charge in [0.15, 0.2) is 8.32 Å². The monoisotopic (exact) mass is 430 g/mol. The lowest BCUT2D eigenvalue weighted by molar-refractivity contribution is -0.141. The van der Waals surface area contributed by atoms with Crippen molar-refractivity contribution in [3.63, 3.8) is 0 Å². The molecule has 4 saturated carbocycles. The molecule has 5 rings (SSSR count). The van der Waals surface area contributed by atoms with E-state index < -0.39 is 8.32 Å². The molecule has 1 aliphatic heterocycles. The number of carbonyl (C=O) groups excluding carboxylic acids is 1. The van der Waals surface area contributed by atoms with Gasteiger partial charge in [-0.1, -0.05) is 47.5 Å². The van der Waals surface area contributed by atoms with Crippen LogP contribution in [0.4, 0.5) is 0 Å². The third kappa shape index (κ3) is 3.07. The van der Waals surface area contributed by atoms with Gasteiger partial charge in [-0.25, -0.2) is 0 Å². The van der Waals surface area contributed by atoms with Crippen molar-refractivity contribution in [2.45, 2.75) is 128 Å². The Morgan fingerprint density at radius 1 is 0.933 bits per heavy atom. The van der Waals surface area contributed by atoms with Crippen molar-refractivity contribution in [2.24, 2.45) is 34.5 Å². The average molecular weight is 431 g/mol. The summed E-state index contributed by atoms with van der Waals surface area (Å²) in [7, 11) is -1.61. The average Bonchev–Trinajstić information content (AvgIpc) is 3.27. The van der Waals surface area contributed by atoms with Gasteiger partial charge in [-0.15, -0.1) is 0 Å². The maximum absolute atomic E-state index is 12.7. The van der Waals surface area contributed by atoms with Crippen molar-refractivity contribution < 1.29 is 9.22 Å². The van der Waals surface area contributed by atoms with Gasteiger partial charge in [0, 0.05) is 17.9 Å². The zero-order valence-corrected chi connectivity index (χ0v) is 21.4. The Labute approximate surface area is 186 Å². The van der Waals surface area contributed by atoms with E-state index in [1.165, 1.54) is 76.3 Å². The fourth-order valence-electron chi connectivity index (χ4n) is 9.41. The summed E-state index contributed by atoms with van der Waals surface area (Å²) in [6.45, 7) is 12.4. The summed E-state index contributed by atoms with van der Waals surface area (Å²) in [4.78, 5) is 12.7. The van der Waals surface area contributed by atoms with E-state index in [9.17, 15) is 4.79 Å². The van der Waals surface area contributed by atoms with Crippen molar-refractivity contribution in [1.82, 2.24) is 0 Å². The highest BCUT2D eigenvalue weighted by atomic mass is 28.4. The SMILES string of the molecule is CC12CCC3C(CCC4CC(O[Si]5(C(C)(C)C)CCCC5)CCC43C)C1CCC2=O. The number of hydrogen-bond donors (Lipinski definition) is 0. The summed E-state index contributed by atoms with van der Waals surface area (Å²) in [6.07, 6.45) is 14.6. The quantitative estimate of drug-likeness (QED) is 0.423. The summed E-state index contributed by atoms with van der Waals surface area (Å²) in [5.74, 6) is 3.81. The largest absolute Gasteiger partial charge is 0.413 e. The molecule has 170 valence electrons. The molecule has 0 radical (unpaired) electrons. The molecule has 7 unspecified atom stereocenters. The minimum absolute atomic E-state index is 0.0256. The molecule has 1 saturated heterocycles. The Morgan fingerprint density at radius 2 is 1.67 bits per heavy atom. The van der Waals surface area contributed by atoms with Gasteiger partial charge in [-0.2, -0.15) is 0 Å². The van der Waals surface area contributed by atoms with E-state index >= 15 is 0 Å². The second-order valence-electron chi connectivity index (χ2n) is 13.5. The lowest BCUT2D eigenvalue weighted by Crippen LogP contribution is -2.55. The molecule has 0 bridgehead atoms. The Kier molecular flexibility index (Phi) is 5.18. The summed E-state index contributed by atoms with van der Waals surface area (Å²) >= 11 is 0. The van der Waals surface area contributed by atoms with Gasteiger partial charge in [-0.05, 0) is 97.6 Å². The first-order valence-electron chi connectivity index (χ1n) is 13.3. The van der Waals surface area contributed by atoms with Crippen LogP contribution in [0.5, 0.6) is 0 Å². The van der Waals surface area contributed by atoms with Gasteiger partial charge < -0.3 is 4.43 Å². The van der Waals surface area contributed by atoms with Crippen LogP contribution in [0.3, 0.4) is 0 Å². The molecule has 2 nitrogen and oxygen atoms in total. The summed E-state index contributed by atoms with van der Waals surface area (Å²) in [6, 6.07) is 2.79. The van der Waals surface area contributed by atoms with E-state index in [0.29, 0.717) is 28.3 Å². The van der Waals surface area contributed by atoms with Crippen molar-refractivity contribution in [3.8, 4) is 0 Å². The first kappa shape index (κ1) is 21.7. The molecule has 0 aromatic carbocycles. The highest BCUT2D eigenvalue weighted by Gasteiger charge is 2.60. The van der Waals surface area contributed by atoms with Crippen LogP contribution < -0.4 is 0 Å². The van der Waals surface area contributed by atoms with Crippen LogP contribution >= 0.6 is 0 Å². The number of Topliss-reactive ketones (excluding diaryl/α,β-unsaturated/α-hetero) is 1. The van der Waals surface area contributed by atoms with Gasteiger partial charge >= 0.3 is 0 Å². The van der Waals surface area contributed by atoms with Crippen molar-refractivity contribution in [1.29, 1.82) is 0 Å². The molecule has 0 spiro atoms. The van der Waals surface area contributed by atoms with Gasteiger partial charge in [0.05, 0.1) is 0 Å². The molecule has 0 aromatic heterocycles. The molecule has 4 aliphatic carbocycles. The van der Waals surface area contributed by atoms with E-state index in [1.54, 1.807) is 0 Å². The molecule has 5 fully saturated rings. The molecule has 1 heterocycles. The molecule has 0 amide bonds. The normalized spacial score (nSPS) is 48.2. The standard InChI is InChI=1S/C27H46O2Si/c1-25(2,3)30(16-6-7-17-30)29-20-12-14-26(4)19(18-20)8-9-21-22-10-11-24(28)27(22,5)15-13-23(21)26/h19-23H,6-18H2,1-5H3. The van der Waals surface area contributed by atoms with Crippen LogP contribution in [0.2, 0.25) is 17.1 Å². The number of hydrogen-bond acceptors (Lipinski definition) is 2. The zero-order chi connectivity index (χ0) is 21.4. The summed E-state index contributed by atoms with van der Waals surface area (Å²) in [5, 5.41) is 0.380. The highest BCUT2D eigenvalue weighted by Crippen LogP contribution is 2.66. The summed E-state index contributed by atoms with van der Waals surface area (Å²) < 4.78 is 7.23. The minimum atomic E-state index is -1.61. The smallest absolute Gasteiger partial charge is 0.198 e. The van der Waals surface area contributed by atoms with Crippen LogP contribution in [-0.2, 0) is 9.22 Å². The van der Waals surface area contributed by atoms with E-state index in [4.69, 9.17) is 4.43 Å². The number of carbonyl (C=O) groups is 1. The topological polar surface area (TPSA) is 26.3 Å². The Hall–Kier alpha value is -0.153. The van der Waals surface area contributed by atoms with E-state index in [-0.39, 0.29) is 5.41 Å². The van der Waals surface area contributed by atoms with Crippen molar-refractivity contribution in [2.75, 3.05) is 0 Å². The first-order valence-corrected chi connectivity index (χ1v) is 15.6. The lowest BCUT2D eigenvalue weighted by atomic mass is 9.45. The number of ketones is 1. The molecular weight excluding hydrogens is 384 g/mol. The summed E-state index contributed by atoms with van der Waals surface area (Å²) in [5.41, 5.74) is 0.527. The van der Waals surface area contributed by atoms with Gasteiger partial charge in [0.25, 0.3) is 0 Å². The first-order chi connectivity index (χ1) is 14.1. The second kappa shape index (κ2) is 7.17. The lowest BCUT2D eigenvalue weighted by Gasteiger charge is -2.60. The highest BCUT2D eigenvalue weighted by molar-refractivity contribution is 6.77. The van der Waals surface area contributed by atoms with Gasteiger partial charge in [0.1, 0.15) is 5.78 Å². The fraction of sp³-hybridized carbons (Fsp3) is 0.963.